The number of sulfonamides is 1. The van der Waals surface area contributed by atoms with Crippen molar-refractivity contribution < 1.29 is 28.2 Å². The van der Waals surface area contributed by atoms with Crippen LogP contribution in [0, 0.1) is 0 Å². The summed E-state index contributed by atoms with van der Waals surface area (Å²) in [7, 11) is -0.674. The van der Waals surface area contributed by atoms with Crippen LogP contribution < -0.4 is 15.5 Å². The summed E-state index contributed by atoms with van der Waals surface area (Å²) >= 11 is 6.09. The molecule has 1 amide bonds. The van der Waals surface area contributed by atoms with Crippen molar-refractivity contribution in [1.82, 2.24) is 4.31 Å². The van der Waals surface area contributed by atoms with Crippen molar-refractivity contribution in [3.8, 4) is 0 Å². The van der Waals surface area contributed by atoms with E-state index in [2.05, 4.69) is 5.32 Å². The van der Waals surface area contributed by atoms with E-state index in [4.69, 9.17) is 16.3 Å². The van der Waals surface area contributed by atoms with Gasteiger partial charge in [0.25, 0.3) is 5.91 Å². The molecule has 0 bridgehead atoms. The van der Waals surface area contributed by atoms with E-state index in [1.54, 1.807) is 4.90 Å². The summed E-state index contributed by atoms with van der Waals surface area (Å²) < 4.78 is 30.9. The van der Waals surface area contributed by atoms with Crippen molar-refractivity contribution in [2.24, 2.45) is 0 Å². The van der Waals surface area contributed by atoms with Crippen LogP contribution in [-0.4, -0.2) is 78.7 Å². The van der Waals surface area contributed by atoms with Gasteiger partial charge >= 0.3 is 0 Å². The lowest BCUT2D eigenvalue weighted by molar-refractivity contribution is -0.909. The third-order valence-corrected chi connectivity index (χ3v) is 6.60. The zero-order valence-corrected chi connectivity index (χ0v) is 17.4. The average Bonchev–Trinajstić information content (AvgIpc) is 2.64. The Morgan fingerprint density at radius 3 is 2.70 bits per heavy atom. The Bertz CT molecular complexity index is 736. The SMILES string of the molecule is CN(C)S(=O)(=O)c1ccc(Cl)c(NC(=O)C[NH2+]CCC[NH+]2CCOCC2)c1. The second-order valence-electron chi connectivity index (χ2n) is 6.72. The molecule has 8 nitrogen and oxygen atoms in total. The molecular weight excluding hydrogens is 392 g/mol. The molecule has 1 aliphatic heterocycles. The monoisotopic (exact) mass is 420 g/mol. The highest BCUT2D eigenvalue weighted by molar-refractivity contribution is 7.89. The fourth-order valence-electron chi connectivity index (χ4n) is 2.81. The molecule has 27 heavy (non-hydrogen) atoms. The predicted octanol–water partition coefficient (Wildman–Crippen LogP) is -1.60. The number of rotatable bonds is 9. The molecule has 0 radical (unpaired) electrons. The quantitative estimate of drug-likeness (QED) is 0.419. The molecule has 4 N–H and O–H groups in total. The molecule has 1 aromatic rings. The van der Waals surface area contributed by atoms with Crippen LogP contribution in [0.5, 0.6) is 0 Å². The largest absolute Gasteiger partial charge is 0.370 e. The van der Waals surface area contributed by atoms with Gasteiger partial charge in [0.2, 0.25) is 10.0 Å². The summed E-state index contributed by atoms with van der Waals surface area (Å²) in [4.78, 5) is 13.8. The Hall–Kier alpha value is -1.23. The van der Waals surface area contributed by atoms with E-state index >= 15 is 0 Å². The smallest absolute Gasteiger partial charge is 0.279 e. The number of hydrogen-bond donors (Lipinski definition) is 3. The predicted molar refractivity (Wildman–Crippen MR) is 104 cm³/mol. The van der Waals surface area contributed by atoms with Gasteiger partial charge in [-0.1, -0.05) is 11.6 Å². The molecule has 10 heteroatoms. The number of anilines is 1. The summed E-state index contributed by atoms with van der Waals surface area (Å²) in [6, 6.07) is 4.28. The van der Waals surface area contributed by atoms with E-state index in [-0.39, 0.29) is 17.3 Å². The molecule has 0 aromatic heterocycles. The van der Waals surface area contributed by atoms with Gasteiger partial charge in [0.05, 0.1) is 41.9 Å². The van der Waals surface area contributed by atoms with Crippen molar-refractivity contribution in [2.45, 2.75) is 11.3 Å². The van der Waals surface area contributed by atoms with Crippen molar-refractivity contribution in [2.75, 3.05) is 65.3 Å². The summed E-state index contributed by atoms with van der Waals surface area (Å²) in [6.45, 7) is 5.95. The van der Waals surface area contributed by atoms with Crippen LogP contribution in [0.25, 0.3) is 0 Å². The van der Waals surface area contributed by atoms with E-state index in [0.29, 0.717) is 10.7 Å². The van der Waals surface area contributed by atoms with Gasteiger partial charge in [-0.2, -0.15) is 0 Å². The number of carbonyl (C=O) groups is 1. The van der Waals surface area contributed by atoms with Gasteiger partial charge in [-0.25, -0.2) is 12.7 Å². The number of ether oxygens (including phenoxy) is 1. The highest BCUT2D eigenvalue weighted by atomic mass is 35.5. The summed E-state index contributed by atoms with van der Waals surface area (Å²) in [5, 5.41) is 4.95. The highest BCUT2D eigenvalue weighted by Crippen LogP contribution is 2.26. The van der Waals surface area contributed by atoms with Crippen LogP contribution in [0.4, 0.5) is 5.69 Å². The first-order chi connectivity index (χ1) is 12.8. The summed E-state index contributed by atoms with van der Waals surface area (Å²) in [5.74, 6) is -0.213. The molecule has 1 saturated heterocycles. The van der Waals surface area contributed by atoms with Crippen molar-refractivity contribution >= 4 is 33.2 Å². The van der Waals surface area contributed by atoms with E-state index < -0.39 is 10.0 Å². The number of benzene rings is 1. The Kier molecular flexibility index (Phi) is 8.46. The Labute approximate surface area is 165 Å². The molecule has 0 aliphatic carbocycles. The molecule has 152 valence electrons. The Morgan fingerprint density at radius 2 is 2.04 bits per heavy atom. The molecule has 1 aliphatic rings. The van der Waals surface area contributed by atoms with Gasteiger partial charge in [0, 0.05) is 20.5 Å². The first-order valence-corrected chi connectivity index (χ1v) is 10.9. The van der Waals surface area contributed by atoms with E-state index in [9.17, 15) is 13.2 Å². The number of hydrogen-bond acceptors (Lipinski definition) is 4. The van der Waals surface area contributed by atoms with Gasteiger partial charge in [-0.3, -0.25) is 4.79 Å². The van der Waals surface area contributed by atoms with Crippen LogP contribution in [0.15, 0.2) is 23.1 Å². The van der Waals surface area contributed by atoms with Crippen LogP contribution in [0.3, 0.4) is 0 Å². The number of halogens is 1. The maximum absolute atomic E-state index is 12.2. The van der Waals surface area contributed by atoms with Gasteiger partial charge in [0.1, 0.15) is 13.1 Å². The number of nitrogens with two attached hydrogens (primary N) is 1. The van der Waals surface area contributed by atoms with Gasteiger partial charge in [0.15, 0.2) is 6.54 Å². The molecule has 2 rings (SSSR count). The summed E-state index contributed by atoms with van der Waals surface area (Å²) in [6.07, 6.45) is 1.03. The van der Waals surface area contributed by atoms with Gasteiger partial charge in [-0.15, -0.1) is 0 Å². The molecule has 0 atom stereocenters. The molecule has 0 spiro atoms. The Morgan fingerprint density at radius 1 is 1.33 bits per heavy atom. The van der Waals surface area contributed by atoms with Crippen molar-refractivity contribution in [1.29, 1.82) is 0 Å². The third-order valence-electron chi connectivity index (χ3n) is 4.46. The van der Waals surface area contributed by atoms with Crippen molar-refractivity contribution in [3.63, 3.8) is 0 Å². The lowest BCUT2D eigenvalue weighted by atomic mass is 10.3. The normalized spacial score (nSPS) is 15.9. The lowest BCUT2D eigenvalue weighted by Gasteiger charge is -2.23. The van der Waals surface area contributed by atoms with E-state index in [0.717, 1.165) is 50.1 Å². The highest BCUT2D eigenvalue weighted by Gasteiger charge is 2.19. The molecule has 0 unspecified atom stereocenters. The van der Waals surface area contributed by atoms with E-state index in [1.807, 2.05) is 5.32 Å². The maximum Gasteiger partial charge on any atom is 0.279 e. The number of amides is 1. The number of carbonyl (C=O) groups excluding carboxylic acids is 1. The third kappa shape index (κ3) is 6.70. The second kappa shape index (κ2) is 10.4. The maximum atomic E-state index is 12.2. The average molecular weight is 421 g/mol. The number of nitrogens with zero attached hydrogens (tertiary/aromatic N) is 1. The number of quaternary nitrogens is 2. The minimum atomic E-state index is -3.58. The second-order valence-corrected chi connectivity index (χ2v) is 9.28. The summed E-state index contributed by atoms with van der Waals surface area (Å²) in [5.41, 5.74) is 0.302. The molecule has 1 aromatic carbocycles. The standard InChI is InChI=1S/C17H27ClN4O4S/c1-21(2)27(24,25)14-4-5-15(18)16(12-14)20-17(23)13-19-6-3-7-22-8-10-26-11-9-22/h4-5,12,19H,3,6-11,13H2,1-2H3,(H,20,23)/p+2. The minimum Gasteiger partial charge on any atom is -0.370 e. The first kappa shape index (κ1) is 22.1. The Balaban J connectivity index is 1.79. The topological polar surface area (TPSA) is 96.8 Å². The number of nitrogens with one attached hydrogen (secondary N) is 2. The van der Waals surface area contributed by atoms with Gasteiger partial charge < -0.3 is 20.3 Å². The van der Waals surface area contributed by atoms with Crippen LogP contribution >= 0.6 is 11.6 Å². The molecule has 0 saturated carbocycles. The fourth-order valence-corrected chi connectivity index (χ4v) is 3.91. The molecular formula is C17H29ClN4O4S+2. The number of morpholine rings is 1. The van der Waals surface area contributed by atoms with Gasteiger partial charge in [-0.05, 0) is 18.2 Å². The molecule has 1 fully saturated rings. The zero-order chi connectivity index (χ0) is 19.9. The van der Waals surface area contributed by atoms with Crippen LogP contribution in [0.1, 0.15) is 6.42 Å². The van der Waals surface area contributed by atoms with Crippen LogP contribution in [0.2, 0.25) is 5.02 Å². The zero-order valence-electron chi connectivity index (χ0n) is 15.8. The first-order valence-electron chi connectivity index (χ1n) is 9.05. The fraction of sp³-hybridized carbons (Fsp3) is 0.588. The lowest BCUT2D eigenvalue weighted by Crippen LogP contribution is -3.14. The molecule has 1 heterocycles. The van der Waals surface area contributed by atoms with Crippen molar-refractivity contribution in [3.05, 3.63) is 23.2 Å². The minimum absolute atomic E-state index is 0.0877. The van der Waals surface area contributed by atoms with Crippen LogP contribution in [-0.2, 0) is 19.6 Å². The van der Waals surface area contributed by atoms with E-state index in [1.165, 1.54) is 32.3 Å².